The Morgan fingerprint density at radius 3 is 2.25 bits per heavy atom. The number of hydrogen-bond acceptors (Lipinski definition) is 4. The van der Waals surface area contributed by atoms with Gasteiger partial charge in [-0.1, -0.05) is 0 Å². The molecule has 0 bridgehead atoms. The van der Waals surface area contributed by atoms with Gasteiger partial charge in [0.15, 0.2) is 9.84 Å². The fourth-order valence-corrected chi connectivity index (χ4v) is 3.21. The van der Waals surface area contributed by atoms with E-state index >= 15 is 0 Å². The molecule has 1 aliphatic heterocycles. The van der Waals surface area contributed by atoms with Crippen LogP contribution < -0.4 is 10.6 Å². The second-order valence-corrected chi connectivity index (χ2v) is 7.38. The van der Waals surface area contributed by atoms with Crippen LogP contribution in [0.5, 0.6) is 0 Å². The number of carbonyl (C=O) groups excluding carboxylic acids is 1. The van der Waals surface area contributed by atoms with Gasteiger partial charge < -0.3 is 10.6 Å². The zero-order valence-corrected chi connectivity index (χ0v) is 12.4. The number of sulfone groups is 1. The predicted molar refractivity (Wildman–Crippen MR) is 78.3 cm³/mol. The number of nitrogens with two attached hydrogens (primary N) is 1. The van der Waals surface area contributed by atoms with E-state index in [2.05, 4.69) is 4.90 Å². The molecule has 110 valence electrons. The monoisotopic (exact) mass is 296 g/mol. The molecule has 1 saturated heterocycles. The second kappa shape index (κ2) is 5.83. The van der Waals surface area contributed by atoms with Crippen LogP contribution in [-0.2, 0) is 14.6 Å². The van der Waals surface area contributed by atoms with Crippen molar-refractivity contribution in [3.63, 3.8) is 0 Å². The Kier molecular flexibility index (Phi) is 4.32. The highest BCUT2D eigenvalue weighted by atomic mass is 32.2. The molecule has 0 spiro atoms. The van der Waals surface area contributed by atoms with Crippen LogP contribution in [0.3, 0.4) is 0 Å². The first-order valence-electron chi connectivity index (χ1n) is 6.69. The quantitative estimate of drug-likeness (QED) is 0.904. The molecular formula is C14H20N2O3S. The van der Waals surface area contributed by atoms with Gasteiger partial charge in [-0.25, -0.2) is 8.42 Å². The van der Waals surface area contributed by atoms with Gasteiger partial charge in [0.1, 0.15) is 0 Å². The zero-order valence-electron chi connectivity index (χ0n) is 11.6. The maximum absolute atomic E-state index is 11.4. The Morgan fingerprint density at radius 1 is 1.25 bits per heavy atom. The highest BCUT2D eigenvalue weighted by molar-refractivity contribution is 7.90. The first kappa shape index (κ1) is 14.8. The minimum absolute atomic E-state index is 0.235. The highest BCUT2D eigenvalue weighted by Gasteiger charge is 2.21. The number of hydrogen-bond donors (Lipinski definition) is 1. The summed E-state index contributed by atoms with van der Waals surface area (Å²) in [5, 5.41) is 0. The van der Waals surface area contributed by atoms with E-state index in [-0.39, 0.29) is 5.91 Å². The smallest absolute Gasteiger partial charge is 0.217 e. The van der Waals surface area contributed by atoms with Crippen LogP contribution in [0.25, 0.3) is 0 Å². The molecule has 0 saturated carbocycles. The third-order valence-electron chi connectivity index (χ3n) is 3.73. The van der Waals surface area contributed by atoms with Gasteiger partial charge in [0.25, 0.3) is 0 Å². The van der Waals surface area contributed by atoms with Crippen LogP contribution in [0, 0.1) is 5.92 Å². The van der Waals surface area contributed by atoms with Gasteiger partial charge in [-0.2, -0.15) is 0 Å². The molecule has 1 amide bonds. The maximum atomic E-state index is 11.4. The first-order valence-corrected chi connectivity index (χ1v) is 8.59. The van der Waals surface area contributed by atoms with Crippen LogP contribution in [-0.4, -0.2) is 33.7 Å². The van der Waals surface area contributed by atoms with Crippen molar-refractivity contribution < 1.29 is 13.2 Å². The summed E-state index contributed by atoms with van der Waals surface area (Å²) >= 11 is 0. The van der Waals surface area contributed by atoms with Crippen LogP contribution in [0.15, 0.2) is 29.2 Å². The lowest BCUT2D eigenvalue weighted by Gasteiger charge is -2.33. The molecule has 0 aliphatic carbocycles. The molecule has 2 N–H and O–H groups in total. The topological polar surface area (TPSA) is 80.5 Å². The Hall–Kier alpha value is -1.56. The second-order valence-electron chi connectivity index (χ2n) is 5.37. The normalized spacial score (nSPS) is 17.1. The predicted octanol–water partition coefficient (Wildman–Crippen LogP) is 1.18. The van der Waals surface area contributed by atoms with Gasteiger partial charge in [-0.15, -0.1) is 0 Å². The van der Waals surface area contributed by atoms with E-state index in [1.807, 2.05) is 12.1 Å². The van der Waals surface area contributed by atoms with E-state index in [1.165, 1.54) is 6.26 Å². The van der Waals surface area contributed by atoms with Crippen LogP contribution in [0.2, 0.25) is 0 Å². The summed E-state index contributed by atoms with van der Waals surface area (Å²) in [7, 11) is -3.14. The van der Waals surface area contributed by atoms with Crippen molar-refractivity contribution in [2.75, 3.05) is 24.2 Å². The SMILES string of the molecule is CS(=O)(=O)c1ccc(N2CCC(CC(N)=O)CC2)cc1. The lowest BCUT2D eigenvalue weighted by Crippen LogP contribution is -2.35. The summed E-state index contributed by atoms with van der Waals surface area (Å²) in [5.41, 5.74) is 6.24. The summed E-state index contributed by atoms with van der Waals surface area (Å²) in [6.07, 6.45) is 3.55. The van der Waals surface area contributed by atoms with Crippen LogP contribution >= 0.6 is 0 Å². The Morgan fingerprint density at radius 2 is 1.80 bits per heavy atom. The third kappa shape index (κ3) is 3.72. The van der Waals surface area contributed by atoms with Crippen LogP contribution in [0.4, 0.5) is 5.69 Å². The molecular weight excluding hydrogens is 276 g/mol. The average molecular weight is 296 g/mol. The lowest BCUT2D eigenvalue weighted by molar-refractivity contribution is -0.119. The molecule has 2 rings (SSSR count). The molecule has 1 aromatic carbocycles. The molecule has 1 heterocycles. The van der Waals surface area contributed by atoms with Crippen LogP contribution in [0.1, 0.15) is 19.3 Å². The third-order valence-corrected chi connectivity index (χ3v) is 4.86. The van der Waals surface area contributed by atoms with Crippen molar-refractivity contribution in [3.05, 3.63) is 24.3 Å². The van der Waals surface area contributed by atoms with Crippen molar-refractivity contribution in [1.82, 2.24) is 0 Å². The summed E-state index contributed by atoms with van der Waals surface area (Å²) in [6.45, 7) is 1.74. The van der Waals surface area contributed by atoms with E-state index < -0.39 is 9.84 Å². The summed E-state index contributed by atoms with van der Waals surface area (Å²) in [5.74, 6) is 0.139. The largest absolute Gasteiger partial charge is 0.372 e. The van der Waals surface area contributed by atoms with E-state index in [0.717, 1.165) is 31.6 Å². The standard InChI is InChI=1S/C14H20N2O3S/c1-20(18,19)13-4-2-12(3-5-13)16-8-6-11(7-9-16)10-14(15)17/h2-5,11H,6-10H2,1H3,(H2,15,17). The number of piperidine rings is 1. The van der Waals surface area contributed by atoms with Gasteiger partial charge in [-0.05, 0) is 43.0 Å². The molecule has 5 nitrogen and oxygen atoms in total. The highest BCUT2D eigenvalue weighted by Crippen LogP contribution is 2.25. The average Bonchev–Trinajstić information content (AvgIpc) is 2.38. The lowest BCUT2D eigenvalue weighted by atomic mass is 9.93. The van der Waals surface area contributed by atoms with Crippen molar-refractivity contribution in [3.8, 4) is 0 Å². The number of rotatable bonds is 4. The summed E-state index contributed by atoms with van der Waals surface area (Å²) in [4.78, 5) is 13.5. The summed E-state index contributed by atoms with van der Waals surface area (Å²) < 4.78 is 22.8. The number of primary amides is 1. The molecule has 6 heteroatoms. The molecule has 1 fully saturated rings. The fraction of sp³-hybridized carbons (Fsp3) is 0.500. The number of anilines is 1. The molecule has 0 aromatic heterocycles. The van der Waals surface area contributed by atoms with Gasteiger partial charge in [0, 0.05) is 31.5 Å². The van der Waals surface area contributed by atoms with E-state index in [4.69, 9.17) is 5.73 Å². The number of benzene rings is 1. The zero-order chi connectivity index (χ0) is 14.8. The van der Waals surface area contributed by atoms with Gasteiger partial charge in [0.05, 0.1) is 4.90 Å². The molecule has 0 unspecified atom stereocenters. The Labute approximate surface area is 119 Å². The maximum Gasteiger partial charge on any atom is 0.217 e. The summed E-state index contributed by atoms with van der Waals surface area (Å²) in [6, 6.07) is 6.95. The van der Waals surface area contributed by atoms with Gasteiger partial charge in [0.2, 0.25) is 5.91 Å². The minimum atomic E-state index is -3.14. The van der Waals surface area contributed by atoms with Crippen molar-refractivity contribution >= 4 is 21.4 Å². The van der Waals surface area contributed by atoms with Crippen molar-refractivity contribution in [2.45, 2.75) is 24.2 Å². The minimum Gasteiger partial charge on any atom is -0.372 e. The fourth-order valence-electron chi connectivity index (χ4n) is 2.58. The molecule has 0 radical (unpaired) electrons. The van der Waals surface area contributed by atoms with Gasteiger partial charge in [-0.3, -0.25) is 4.79 Å². The van der Waals surface area contributed by atoms with E-state index in [0.29, 0.717) is 17.2 Å². The Balaban J connectivity index is 1.99. The number of nitrogens with zero attached hydrogens (tertiary/aromatic N) is 1. The molecule has 1 aromatic rings. The molecule has 1 aliphatic rings. The number of amides is 1. The van der Waals surface area contributed by atoms with E-state index in [9.17, 15) is 13.2 Å². The van der Waals surface area contributed by atoms with E-state index in [1.54, 1.807) is 12.1 Å². The van der Waals surface area contributed by atoms with Crippen molar-refractivity contribution in [2.24, 2.45) is 11.7 Å². The van der Waals surface area contributed by atoms with Crippen molar-refractivity contribution in [1.29, 1.82) is 0 Å². The Bertz CT molecular complexity index is 573. The van der Waals surface area contributed by atoms with Gasteiger partial charge >= 0.3 is 0 Å². The first-order chi connectivity index (χ1) is 9.36. The molecule has 20 heavy (non-hydrogen) atoms. The molecule has 0 atom stereocenters. The number of carbonyl (C=O) groups is 1.